The molecule has 1 heterocycles. The molecule has 2 N–H and O–H groups in total. The summed E-state index contributed by atoms with van der Waals surface area (Å²) in [6.07, 6.45) is 1.37. The SMILES string of the molecule is Cc1cccc(C(N)C2CCOC2C)c1C. The standard InChI is InChI=1S/C14H21NO/c1-9-5-4-6-12(10(9)2)14(15)13-7-8-16-11(13)3/h4-6,11,13-14H,7-8,15H2,1-3H3. The van der Waals surface area contributed by atoms with Crippen molar-refractivity contribution in [1.82, 2.24) is 0 Å². The third-order valence-corrected chi connectivity index (χ3v) is 3.90. The van der Waals surface area contributed by atoms with Crippen LogP contribution in [-0.4, -0.2) is 12.7 Å². The highest BCUT2D eigenvalue weighted by atomic mass is 16.5. The monoisotopic (exact) mass is 219 g/mol. The minimum atomic E-state index is 0.109. The van der Waals surface area contributed by atoms with Gasteiger partial charge in [-0.25, -0.2) is 0 Å². The second kappa shape index (κ2) is 4.56. The normalized spacial score (nSPS) is 27.0. The maximum Gasteiger partial charge on any atom is 0.0594 e. The number of hydrogen-bond acceptors (Lipinski definition) is 2. The van der Waals surface area contributed by atoms with Crippen LogP contribution in [0.3, 0.4) is 0 Å². The molecule has 0 aromatic heterocycles. The molecule has 0 bridgehead atoms. The van der Waals surface area contributed by atoms with Gasteiger partial charge in [0.25, 0.3) is 0 Å². The summed E-state index contributed by atoms with van der Waals surface area (Å²) in [6, 6.07) is 6.49. The van der Waals surface area contributed by atoms with Gasteiger partial charge in [-0.2, -0.15) is 0 Å². The molecule has 2 rings (SSSR count). The average molecular weight is 219 g/mol. The fraction of sp³-hybridized carbons (Fsp3) is 0.571. The van der Waals surface area contributed by atoms with Gasteiger partial charge in [0.15, 0.2) is 0 Å². The van der Waals surface area contributed by atoms with Gasteiger partial charge in [-0.3, -0.25) is 0 Å². The van der Waals surface area contributed by atoms with Crippen molar-refractivity contribution in [3.63, 3.8) is 0 Å². The van der Waals surface area contributed by atoms with E-state index in [1.54, 1.807) is 0 Å². The number of aryl methyl sites for hydroxylation is 1. The molecular formula is C14H21NO. The largest absolute Gasteiger partial charge is 0.378 e. The molecule has 3 unspecified atom stereocenters. The van der Waals surface area contributed by atoms with E-state index in [9.17, 15) is 0 Å². The highest BCUT2D eigenvalue weighted by molar-refractivity contribution is 5.35. The van der Waals surface area contributed by atoms with Gasteiger partial charge in [0.1, 0.15) is 0 Å². The van der Waals surface area contributed by atoms with Crippen LogP contribution in [0.15, 0.2) is 18.2 Å². The molecule has 0 amide bonds. The Morgan fingerprint density at radius 3 is 2.75 bits per heavy atom. The Kier molecular flexibility index (Phi) is 3.31. The Labute approximate surface area is 97.8 Å². The summed E-state index contributed by atoms with van der Waals surface area (Å²) >= 11 is 0. The third kappa shape index (κ3) is 2.00. The summed E-state index contributed by atoms with van der Waals surface area (Å²) in [5, 5.41) is 0. The van der Waals surface area contributed by atoms with Crippen molar-refractivity contribution in [1.29, 1.82) is 0 Å². The van der Waals surface area contributed by atoms with Crippen molar-refractivity contribution in [2.75, 3.05) is 6.61 Å². The van der Waals surface area contributed by atoms with Crippen molar-refractivity contribution in [2.45, 2.75) is 39.3 Å². The van der Waals surface area contributed by atoms with E-state index in [2.05, 4.69) is 39.0 Å². The second-order valence-electron chi connectivity index (χ2n) is 4.84. The van der Waals surface area contributed by atoms with E-state index >= 15 is 0 Å². The van der Waals surface area contributed by atoms with Crippen LogP contribution in [0, 0.1) is 19.8 Å². The van der Waals surface area contributed by atoms with E-state index in [1.165, 1.54) is 16.7 Å². The Hall–Kier alpha value is -0.860. The molecule has 0 spiro atoms. The lowest BCUT2D eigenvalue weighted by atomic mass is 9.86. The van der Waals surface area contributed by atoms with Gasteiger partial charge in [0.05, 0.1) is 6.10 Å². The predicted octanol–water partition coefficient (Wildman–Crippen LogP) is 2.73. The zero-order valence-corrected chi connectivity index (χ0v) is 10.4. The van der Waals surface area contributed by atoms with Gasteiger partial charge in [0, 0.05) is 18.6 Å². The average Bonchev–Trinajstić information content (AvgIpc) is 2.68. The summed E-state index contributed by atoms with van der Waals surface area (Å²) < 4.78 is 5.60. The van der Waals surface area contributed by atoms with Crippen LogP contribution in [-0.2, 0) is 4.74 Å². The van der Waals surface area contributed by atoms with Crippen molar-refractivity contribution in [2.24, 2.45) is 11.7 Å². The molecule has 2 heteroatoms. The van der Waals surface area contributed by atoms with Crippen LogP contribution < -0.4 is 5.73 Å². The first-order valence-electron chi connectivity index (χ1n) is 6.04. The number of hydrogen-bond donors (Lipinski definition) is 1. The number of nitrogens with two attached hydrogens (primary N) is 1. The number of benzene rings is 1. The molecule has 1 aromatic carbocycles. The molecule has 0 radical (unpaired) electrons. The summed E-state index contributed by atoms with van der Waals surface area (Å²) in [7, 11) is 0. The molecule has 16 heavy (non-hydrogen) atoms. The third-order valence-electron chi connectivity index (χ3n) is 3.90. The summed E-state index contributed by atoms with van der Waals surface area (Å²) in [6.45, 7) is 7.28. The lowest BCUT2D eigenvalue weighted by Gasteiger charge is -2.24. The van der Waals surface area contributed by atoms with Gasteiger partial charge in [0.2, 0.25) is 0 Å². The maximum atomic E-state index is 6.38. The first-order chi connectivity index (χ1) is 7.61. The summed E-state index contributed by atoms with van der Waals surface area (Å²) in [5.41, 5.74) is 10.3. The van der Waals surface area contributed by atoms with Crippen LogP contribution in [0.4, 0.5) is 0 Å². The minimum absolute atomic E-state index is 0.109. The zero-order valence-electron chi connectivity index (χ0n) is 10.4. The lowest BCUT2D eigenvalue weighted by molar-refractivity contribution is 0.0994. The van der Waals surface area contributed by atoms with Crippen LogP contribution in [0.25, 0.3) is 0 Å². The Morgan fingerprint density at radius 1 is 1.38 bits per heavy atom. The van der Waals surface area contributed by atoms with Crippen molar-refractivity contribution >= 4 is 0 Å². The van der Waals surface area contributed by atoms with E-state index in [0.29, 0.717) is 5.92 Å². The van der Waals surface area contributed by atoms with E-state index in [0.717, 1.165) is 13.0 Å². The first kappa shape index (κ1) is 11.6. The summed E-state index contributed by atoms with van der Waals surface area (Å²) in [4.78, 5) is 0. The first-order valence-corrected chi connectivity index (χ1v) is 6.04. The van der Waals surface area contributed by atoms with Gasteiger partial charge < -0.3 is 10.5 Å². The molecule has 1 aliphatic rings. The second-order valence-corrected chi connectivity index (χ2v) is 4.84. The van der Waals surface area contributed by atoms with Gasteiger partial charge in [-0.05, 0) is 43.9 Å². The molecule has 0 saturated carbocycles. The molecule has 1 fully saturated rings. The molecule has 88 valence electrons. The van der Waals surface area contributed by atoms with Crippen LogP contribution in [0.5, 0.6) is 0 Å². The molecule has 1 saturated heterocycles. The topological polar surface area (TPSA) is 35.2 Å². The molecule has 3 atom stereocenters. The molecule has 2 nitrogen and oxygen atoms in total. The fourth-order valence-corrected chi connectivity index (χ4v) is 2.59. The van der Waals surface area contributed by atoms with E-state index in [4.69, 9.17) is 10.5 Å². The van der Waals surface area contributed by atoms with Crippen molar-refractivity contribution in [3.05, 3.63) is 34.9 Å². The van der Waals surface area contributed by atoms with Crippen LogP contribution in [0.2, 0.25) is 0 Å². The van der Waals surface area contributed by atoms with E-state index in [-0.39, 0.29) is 12.1 Å². The number of rotatable bonds is 2. The van der Waals surface area contributed by atoms with E-state index < -0.39 is 0 Å². The van der Waals surface area contributed by atoms with Gasteiger partial charge in [-0.1, -0.05) is 18.2 Å². The maximum absolute atomic E-state index is 6.38. The molecule has 1 aliphatic heterocycles. The molecular weight excluding hydrogens is 198 g/mol. The minimum Gasteiger partial charge on any atom is -0.378 e. The van der Waals surface area contributed by atoms with Gasteiger partial charge >= 0.3 is 0 Å². The van der Waals surface area contributed by atoms with Crippen LogP contribution in [0.1, 0.15) is 36.1 Å². The summed E-state index contributed by atoms with van der Waals surface area (Å²) in [5.74, 6) is 0.459. The van der Waals surface area contributed by atoms with E-state index in [1.807, 2.05) is 0 Å². The lowest BCUT2D eigenvalue weighted by Crippen LogP contribution is -2.27. The predicted molar refractivity (Wildman–Crippen MR) is 66.4 cm³/mol. The van der Waals surface area contributed by atoms with Crippen molar-refractivity contribution < 1.29 is 4.74 Å². The van der Waals surface area contributed by atoms with Gasteiger partial charge in [-0.15, -0.1) is 0 Å². The molecule has 1 aromatic rings. The Bertz CT molecular complexity index is 375. The fourth-order valence-electron chi connectivity index (χ4n) is 2.59. The quantitative estimate of drug-likeness (QED) is 0.830. The Morgan fingerprint density at radius 2 is 2.12 bits per heavy atom. The number of ether oxygens (including phenoxy) is 1. The zero-order chi connectivity index (χ0) is 11.7. The highest BCUT2D eigenvalue weighted by Crippen LogP contribution is 2.33. The Balaban J connectivity index is 2.26. The smallest absolute Gasteiger partial charge is 0.0594 e. The van der Waals surface area contributed by atoms with Crippen LogP contribution >= 0.6 is 0 Å². The molecule has 0 aliphatic carbocycles. The highest BCUT2D eigenvalue weighted by Gasteiger charge is 2.31. The van der Waals surface area contributed by atoms with Crippen molar-refractivity contribution in [3.8, 4) is 0 Å².